The fraction of sp³-hybridized carbons (Fsp3) is 0.645. The molecule has 5 aliphatic carbocycles. The second kappa shape index (κ2) is 9.92. The quantitative estimate of drug-likeness (QED) is 0.339. The number of rotatable bonds is 8. The van der Waals surface area contributed by atoms with Gasteiger partial charge < -0.3 is 9.64 Å². The Morgan fingerprint density at radius 3 is 2.30 bits per heavy atom. The Morgan fingerprint density at radius 1 is 1.03 bits per heavy atom. The molecule has 0 spiro atoms. The average molecular weight is 505 g/mol. The molecule has 5 fully saturated rings. The largest absolute Gasteiger partial charge is 0.494 e. The fourth-order valence-corrected chi connectivity index (χ4v) is 8.46. The van der Waals surface area contributed by atoms with Crippen LogP contribution in [0.2, 0.25) is 0 Å². The number of imide groups is 1. The molecule has 37 heavy (non-hydrogen) atoms. The molecule has 1 saturated heterocycles. The molecule has 6 heteroatoms. The van der Waals surface area contributed by atoms with Gasteiger partial charge in [-0.2, -0.15) is 0 Å². The lowest BCUT2D eigenvalue weighted by atomic mass is 9.49. The number of hydrogen-bond donors (Lipinski definition) is 0. The molecule has 0 radical (unpaired) electrons. The van der Waals surface area contributed by atoms with Gasteiger partial charge >= 0.3 is 0 Å². The number of amides is 3. The van der Waals surface area contributed by atoms with Gasteiger partial charge in [-0.3, -0.25) is 14.4 Å². The normalized spacial score (nSPS) is 32.6. The number of anilines is 1. The van der Waals surface area contributed by atoms with Crippen LogP contribution in [0, 0.1) is 23.2 Å². The number of allylic oxidation sites excluding steroid dienone is 1. The van der Waals surface area contributed by atoms with E-state index in [2.05, 4.69) is 6.08 Å². The zero-order valence-electron chi connectivity index (χ0n) is 22.1. The maximum Gasteiger partial charge on any atom is 0.257 e. The molecule has 4 bridgehead atoms. The van der Waals surface area contributed by atoms with E-state index in [9.17, 15) is 14.4 Å². The van der Waals surface area contributed by atoms with Gasteiger partial charge in [0.05, 0.1) is 24.1 Å². The molecule has 1 heterocycles. The lowest BCUT2D eigenvalue weighted by Gasteiger charge is -2.57. The van der Waals surface area contributed by atoms with Crippen LogP contribution in [0.3, 0.4) is 0 Å². The molecule has 1 atom stereocenters. The zero-order chi connectivity index (χ0) is 25.6. The van der Waals surface area contributed by atoms with Crippen molar-refractivity contribution in [3.63, 3.8) is 0 Å². The van der Waals surface area contributed by atoms with Crippen molar-refractivity contribution in [3.05, 3.63) is 35.9 Å². The topological polar surface area (TPSA) is 66.9 Å². The second-order valence-corrected chi connectivity index (χ2v) is 12.3. The highest BCUT2D eigenvalue weighted by molar-refractivity contribution is 6.23. The Kier molecular flexibility index (Phi) is 6.62. The summed E-state index contributed by atoms with van der Waals surface area (Å²) in [7, 11) is 0. The molecule has 6 nitrogen and oxygen atoms in total. The van der Waals surface area contributed by atoms with Crippen molar-refractivity contribution in [2.24, 2.45) is 23.2 Å². The number of ether oxygens (including phenoxy) is 1. The summed E-state index contributed by atoms with van der Waals surface area (Å²) in [6, 6.07) is 6.41. The minimum absolute atomic E-state index is 0.0726. The maximum atomic E-state index is 14.5. The van der Waals surface area contributed by atoms with E-state index in [-0.39, 0.29) is 29.6 Å². The van der Waals surface area contributed by atoms with E-state index >= 15 is 0 Å². The van der Waals surface area contributed by atoms with Gasteiger partial charge in [-0.05, 0) is 120 Å². The van der Waals surface area contributed by atoms with Crippen LogP contribution < -0.4 is 9.64 Å². The van der Waals surface area contributed by atoms with E-state index in [1.807, 2.05) is 11.8 Å². The molecular formula is C31H40N2O4. The molecule has 1 aromatic carbocycles. The molecule has 198 valence electrons. The van der Waals surface area contributed by atoms with Crippen LogP contribution in [0.5, 0.6) is 5.75 Å². The zero-order valence-corrected chi connectivity index (χ0v) is 22.1. The van der Waals surface area contributed by atoms with Gasteiger partial charge in [-0.15, -0.1) is 0 Å². The Balaban J connectivity index is 1.27. The molecule has 6 aliphatic rings. The monoisotopic (exact) mass is 504 g/mol. The summed E-state index contributed by atoms with van der Waals surface area (Å²) in [6.45, 7) is 3.01. The van der Waals surface area contributed by atoms with Crippen LogP contribution >= 0.6 is 0 Å². The summed E-state index contributed by atoms with van der Waals surface area (Å²) in [5.41, 5.74) is 1.62. The first kappa shape index (κ1) is 24.7. The van der Waals surface area contributed by atoms with E-state index in [0.29, 0.717) is 42.3 Å². The highest BCUT2D eigenvalue weighted by atomic mass is 16.5. The number of hydrogen-bond acceptors (Lipinski definition) is 4. The van der Waals surface area contributed by atoms with Crippen molar-refractivity contribution in [2.75, 3.05) is 18.1 Å². The smallest absolute Gasteiger partial charge is 0.257 e. The maximum absolute atomic E-state index is 14.5. The first-order valence-corrected chi connectivity index (χ1v) is 14.5. The van der Waals surface area contributed by atoms with Crippen LogP contribution in [0.4, 0.5) is 5.69 Å². The lowest BCUT2D eigenvalue weighted by Crippen LogP contribution is -2.57. The second-order valence-electron chi connectivity index (χ2n) is 12.3. The van der Waals surface area contributed by atoms with Gasteiger partial charge in [0.2, 0.25) is 11.8 Å². The molecule has 1 unspecified atom stereocenters. The summed E-state index contributed by atoms with van der Waals surface area (Å²) in [5.74, 6) is 2.34. The van der Waals surface area contributed by atoms with Gasteiger partial charge in [-0.1, -0.05) is 11.6 Å². The minimum Gasteiger partial charge on any atom is -0.494 e. The van der Waals surface area contributed by atoms with Gasteiger partial charge in [-0.25, -0.2) is 4.90 Å². The van der Waals surface area contributed by atoms with E-state index in [0.717, 1.165) is 38.5 Å². The Morgan fingerprint density at radius 2 is 1.70 bits per heavy atom. The SMILES string of the molecule is CCOc1ccc(N2C(=O)CC(N(CCC3=CCCCC3)C(=O)C34CC5CC(CC(C5)C3)C4)C2=O)cc1. The molecule has 1 aromatic rings. The average Bonchev–Trinajstić information content (AvgIpc) is 3.18. The fourth-order valence-electron chi connectivity index (χ4n) is 8.46. The van der Waals surface area contributed by atoms with E-state index in [1.165, 1.54) is 42.6 Å². The van der Waals surface area contributed by atoms with Crippen LogP contribution in [0.1, 0.15) is 84.0 Å². The van der Waals surface area contributed by atoms with E-state index in [1.54, 1.807) is 24.3 Å². The van der Waals surface area contributed by atoms with E-state index in [4.69, 9.17) is 4.74 Å². The number of carbonyl (C=O) groups is 3. The van der Waals surface area contributed by atoms with Crippen molar-refractivity contribution in [1.29, 1.82) is 0 Å². The minimum atomic E-state index is -0.705. The van der Waals surface area contributed by atoms with Crippen LogP contribution in [-0.2, 0) is 14.4 Å². The molecule has 7 rings (SSSR count). The number of benzene rings is 1. The van der Waals surface area contributed by atoms with Gasteiger partial charge in [0.1, 0.15) is 11.8 Å². The summed E-state index contributed by atoms with van der Waals surface area (Å²) >= 11 is 0. The molecule has 0 aromatic heterocycles. The Hall–Kier alpha value is -2.63. The third-order valence-corrected chi connectivity index (χ3v) is 9.72. The lowest BCUT2D eigenvalue weighted by molar-refractivity contribution is -0.161. The van der Waals surface area contributed by atoms with Crippen molar-refractivity contribution < 1.29 is 19.1 Å². The molecular weight excluding hydrogens is 464 g/mol. The first-order chi connectivity index (χ1) is 18.0. The highest BCUT2D eigenvalue weighted by Crippen LogP contribution is 2.60. The molecule has 4 saturated carbocycles. The predicted molar refractivity (Wildman–Crippen MR) is 142 cm³/mol. The van der Waals surface area contributed by atoms with Gasteiger partial charge in [0.25, 0.3) is 5.91 Å². The summed E-state index contributed by atoms with van der Waals surface area (Å²) in [4.78, 5) is 44.7. The Bertz CT molecular complexity index is 1060. The van der Waals surface area contributed by atoms with Crippen LogP contribution in [-0.4, -0.2) is 41.8 Å². The van der Waals surface area contributed by atoms with Crippen LogP contribution in [0.15, 0.2) is 35.9 Å². The van der Waals surface area contributed by atoms with Crippen molar-refractivity contribution in [1.82, 2.24) is 4.90 Å². The van der Waals surface area contributed by atoms with Crippen molar-refractivity contribution >= 4 is 23.4 Å². The third kappa shape index (κ3) is 4.61. The third-order valence-electron chi connectivity index (χ3n) is 9.72. The summed E-state index contributed by atoms with van der Waals surface area (Å²) in [5, 5.41) is 0. The van der Waals surface area contributed by atoms with Gasteiger partial charge in [0.15, 0.2) is 0 Å². The molecule has 0 N–H and O–H groups in total. The Labute approximate surface area is 220 Å². The first-order valence-electron chi connectivity index (χ1n) is 14.5. The van der Waals surface area contributed by atoms with Crippen molar-refractivity contribution in [2.45, 2.75) is 90.0 Å². The predicted octanol–water partition coefficient (Wildman–Crippen LogP) is 5.65. The van der Waals surface area contributed by atoms with Crippen LogP contribution in [0.25, 0.3) is 0 Å². The number of nitrogens with zero attached hydrogens (tertiary/aromatic N) is 2. The van der Waals surface area contributed by atoms with Gasteiger partial charge in [0, 0.05) is 6.54 Å². The highest BCUT2D eigenvalue weighted by Gasteiger charge is 2.57. The molecule has 1 aliphatic heterocycles. The summed E-state index contributed by atoms with van der Waals surface area (Å²) in [6.07, 6.45) is 14.5. The summed E-state index contributed by atoms with van der Waals surface area (Å²) < 4.78 is 5.53. The van der Waals surface area contributed by atoms with E-state index < -0.39 is 6.04 Å². The van der Waals surface area contributed by atoms with Crippen molar-refractivity contribution in [3.8, 4) is 5.75 Å². The standard InChI is InChI=1S/C31H40N2O4/c1-2-37-26-10-8-25(9-11-26)33-28(34)17-27(29(33)35)32(13-12-21-6-4-3-5-7-21)30(36)31-18-22-14-23(19-31)16-24(15-22)20-31/h6,8-11,22-24,27H,2-5,7,12-20H2,1H3. The molecule has 3 amide bonds. The number of carbonyl (C=O) groups excluding carboxylic acids is 3.